The van der Waals surface area contributed by atoms with Gasteiger partial charge in [-0.25, -0.2) is 13.1 Å². The monoisotopic (exact) mass is 469 g/mol. The lowest BCUT2D eigenvalue weighted by Gasteiger charge is -2.36. The third kappa shape index (κ3) is 5.23. The zero-order valence-electron chi connectivity index (χ0n) is 18.7. The van der Waals surface area contributed by atoms with Gasteiger partial charge in [-0.2, -0.15) is 4.98 Å². The van der Waals surface area contributed by atoms with E-state index in [2.05, 4.69) is 19.8 Å². The molecule has 1 saturated heterocycles. The van der Waals surface area contributed by atoms with Crippen LogP contribution in [-0.4, -0.2) is 62.1 Å². The van der Waals surface area contributed by atoms with Gasteiger partial charge < -0.3 is 14.3 Å². The van der Waals surface area contributed by atoms with Crippen LogP contribution in [-0.2, 0) is 21.2 Å². The number of carbonyl (C=O) groups excluding carboxylic acids is 1. The first-order chi connectivity index (χ1) is 15.9. The average Bonchev–Trinajstić information content (AvgIpc) is 3.33. The average molecular weight is 470 g/mol. The number of hydrogen-bond acceptors (Lipinski definition) is 7. The van der Waals surface area contributed by atoms with E-state index in [4.69, 9.17) is 4.52 Å². The number of nitrogens with one attached hydrogen (secondary N) is 1. The van der Waals surface area contributed by atoms with E-state index in [9.17, 15) is 13.2 Å². The first-order valence-electron chi connectivity index (χ1n) is 10.9. The zero-order valence-corrected chi connectivity index (χ0v) is 19.5. The number of amides is 1. The van der Waals surface area contributed by atoms with E-state index in [1.165, 1.54) is 6.07 Å². The molecule has 4 rings (SSSR count). The molecule has 0 saturated carbocycles. The number of aryl methyl sites for hydroxylation is 2. The van der Waals surface area contributed by atoms with Gasteiger partial charge in [-0.05, 0) is 30.7 Å². The maximum atomic E-state index is 13.0. The number of carbonyl (C=O) groups is 1. The number of aromatic nitrogens is 2. The summed E-state index contributed by atoms with van der Waals surface area (Å²) in [4.78, 5) is 20.9. The summed E-state index contributed by atoms with van der Waals surface area (Å²) < 4.78 is 33.5. The number of nitrogens with zero attached hydrogens (tertiary/aromatic N) is 4. The van der Waals surface area contributed by atoms with Gasteiger partial charge in [0.2, 0.25) is 27.6 Å². The minimum absolute atomic E-state index is 0.0875. The van der Waals surface area contributed by atoms with Gasteiger partial charge >= 0.3 is 0 Å². The molecule has 1 aliphatic rings. The van der Waals surface area contributed by atoms with E-state index in [1.54, 1.807) is 24.0 Å². The molecule has 0 atom stereocenters. The highest BCUT2D eigenvalue weighted by Crippen LogP contribution is 2.23. The van der Waals surface area contributed by atoms with Crippen LogP contribution in [0, 0.1) is 6.92 Å². The Labute approximate surface area is 193 Å². The second-order valence-electron chi connectivity index (χ2n) is 7.87. The molecule has 0 unspecified atom stereocenters. The van der Waals surface area contributed by atoms with E-state index in [1.807, 2.05) is 37.3 Å². The molecule has 2 heterocycles. The molecule has 0 radical (unpaired) electrons. The van der Waals surface area contributed by atoms with Crippen LogP contribution in [0.2, 0.25) is 0 Å². The minimum atomic E-state index is -3.90. The molecule has 3 aromatic rings. The number of para-hydroxylation sites is 1. The van der Waals surface area contributed by atoms with Gasteiger partial charge in [0.15, 0.2) is 0 Å². The normalized spacial score (nSPS) is 14.5. The molecule has 10 heteroatoms. The third-order valence-corrected chi connectivity index (χ3v) is 7.22. The van der Waals surface area contributed by atoms with E-state index < -0.39 is 10.0 Å². The molecule has 2 aromatic carbocycles. The molecule has 1 fully saturated rings. The van der Waals surface area contributed by atoms with Gasteiger partial charge in [-0.3, -0.25) is 4.79 Å². The van der Waals surface area contributed by atoms with Crippen LogP contribution in [0.4, 0.5) is 5.69 Å². The summed E-state index contributed by atoms with van der Waals surface area (Å²) in [6, 6.07) is 15.0. The summed E-state index contributed by atoms with van der Waals surface area (Å²) in [7, 11) is -3.90. The standard InChI is InChI=1S/C23H27N5O4S/c1-3-21-25-23(26-32-21)18-10-9-17(2)20(15-18)33(30,31)24-16-22(29)28-13-11-27(12-14-28)19-7-5-4-6-8-19/h4-10,15,24H,3,11-14,16H2,1-2H3. The smallest absolute Gasteiger partial charge is 0.241 e. The third-order valence-electron chi connectivity index (χ3n) is 5.67. The van der Waals surface area contributed by atoms with Gasteiger partial charge in [0, 0.05) is 43.9 Å². The van der Waals surface area contributed by atoms with Crippen LogP contribution in [0.25, 0.3) is 11.4 Å². The highest BCUT2D eigenvalue weighted by Gasteiger charge is 2.24. The summed E-state index contributed by atoms with van der Waals surface area (Å²) in [6.45, 7) is 5.80. The molecule has 0 bridgehead atoms. The highest BCUT2D eigenvalue weighted by atomic mass is 32.2. The Kier molecular flexibility index (Phi) is 6.75. The van der Waals surface area contributed by atoms with Crippen LogP contribution < -0.4 is 9.62 Å². The van der Waals surface area contributed by atoms with E-state index >= 15 is 0 Å². The molecule has 1 amide bonds. The molecule has 0 aliphatic carbocycles. The Balaban J connectivity index is 1.39. The number of benzene rings is 2. The van der Waals surface area contributed by atoms with Crippen molar-refractivity contribution in [2.24, 2.45) is 0 Å². The first-order valence-corrected chi connectivity index (χ1v) is 12.4. The number of rotatable bonds is 7. The second kappa shape index (κ2) is 9.72. The molecular weight excluding hydrogens is 442 g/mol. The van der Waals surface area contributed by atoms with Crippen molar-refractivity contribution in [2.45, 2.75) is 25.2 Å². The van der Waals surface area contributed by atoms with Crippen molar-refractivity contribution >= 4 is 21.6 Å². The van der Waals surface area contributed by atoms with E-state index in [-0.39, 0.29) is 17.3 Å². The maximum Gasteiger partial charge on any atom is 0.241 e. The summed E-state index contributed by atoms with van der Waals surface area (Å²) in [5, 5.41) is 3.91. The largest absolute Gasteiger partial charge is 0.368 e. The topological polar surface area (TPSA) is 109 Å². The molecule has 1 N–H and O–H groups in total. The van der Waals surface area contributed by atoms with Crippen molar-refractivity contribution < 1.29 is 17.7 Å². The Hall–Kier alpha value is -3.24. The summed E-state index contributed by atoms with van der Waals surface area (Å²) in [6.07, 6.45) is 0.591. The molecule has 1 aliphatic heterocycles. The SMILES string of the molecule is CCc1nc(-c2ccc(C)c(S(=O)(=O)NCC(=O)N3CCN(c4ccccc4)CC3)c2)no1. The van der Waals surface area contributed by atoms with Gasteiger partial charge in [0.05, 0.1) is 11.4 Å². The lowest BCUT2D eigenvalue weighted by atomic mass is 10.1. The van der Waals surface area contributed by atoms with E-state index in [0.29, 0.717) is 55.4 Å². The lowest BCUT2D eigenvalue weighted by molar-refractivity contribution is -0.130. The van der Waals surface area contributed by atoms with Crippen LogP contribution in [0.5, 0.6) is 0 Å². The highest BCUT2D eigenvalue weighted by molar-refractivity contribution is 7.89. The fraction of sp³-hybridized carbons (Fsp3) is 0.348. The zero-order chi connectivity index (χ0) is 23.4. The Morgan fingerprint density at radius 2 is 1.82 bits per heavy atom. The predicted octanol–water partition coefficient (Wildman–Crippen LogP) is 2.23. The fourth-order valence-electron chi connectivity index (χ4n) is 3.74. The Bertz CT molecular complexity index is 1220. The number of anilines is 1. The van der Waals surface area contributed by atoms with Crippen molar-refractivity contribution in [3.63, 3.8) is 0 Å². The van der Waals surface area contributed by atoms with Crippen molar-refractivity contribution in [1.82, 2.24) is 19.8 Å². The van der Waals surface area contributed by atoms with Crippen molar-refractivity contribution in [3.8, 4) is 11.4 Å². The van der Waals surface area contributed by atoms with Crippen LogP contribution in [0.15, 0.2) is 57.9 Å². The molecular formula is C23H27N5O4S. The van der Waals surface area contributed by atoms with Gasteiger partial charge in [-0.15, -0.1) is 0 Å². The summed E-state index contributed by atoms with van der Waals surface area (Å²) >= 11 is 0. The first kappa shape index (κ1) is 22.9. The minimum Gasteiger partial charge on any atom is -0.368 e. The lowest BCUT2D eigenvalue weighted by Crippen LogP contribution is -2.51. The van der Waals surface area contributed by atoms with Crippen molar-refractivity contribution in [1.29, 1.82) is 0 Å². The molecule has 9 nitrogen and oxygen atoms in total. The van der Waals surface area contributed by atoms with Crippen molar-refractivity contribution in [3.05, 3.63) is 60.0 Å². The molecule has 0 spiro atoms. The summed E-state index contributed by atoms with van der Waals surface area (Å²) in [5.41, 5.74) is 2.22. The molecule has 1 aromatic heterocycles. The van der Waals surface area contributed by atoms with Crippen molar-refractivity contribution in [2.75, 3.05) is 37.6 Å². The van der Waals surface area contributed by atoms with Crippen LogP contribution in [0.1, 0.15) is 18.4 Å². The number of piperazine rings is 1. The van der Waals surface area contributed by atoms with Crippen LogP contribution in [0.3, 0.4) is 0 Å². The maximum absolute atomic E-state index is 13.0. The number of hydrogen-bond donors (Lipinski definition) is 1. The van der Waals surface area contributed by atoms with Gasteiger partial charge in [0.25, 0.3) is 0 Å². The van der Waals surface area contributed by atoms with Gasteiger partial charge in [-0.1, -0.05) is 42.4 Å². The summed E-state index contributed by atoms with van der Waals surface area (Å²) in [5.74, 6) is 0.563. The second-order valence-corrected chi connectivity index (χ2v) is 9.61. The number of sulfonamides is 1. The molecule has 33 heavy (non-hydrogen) atoms. The fourth-order valence-corrected chi connectivity index (χ4v) is 4.99. The quantitative estimate of drug-likeness (QED) is 0.565. The van der Waals surface area contributed by atoms with Crippen LogP contribution >= 0.6 is 0 Å². The predicted molar refractivity (Wildman–Crippen MR) is 124 cm³/mol. The Morgan fingerprint density at radius 1 is 1.09 bits per heavy atom. The Morgan fingerprint density at radius 3 is 2.48 bits per heavy atom. The van der Waals surface area contributed by atoms with Gasteiger partial charge in [0.1, 0.15) is 0 Å². The van der Waals surface area contributed by atoms with E-state index in [0.717, 1.165) is 5.69 Å². The molecule has 174 valence electrons.